The molecule has 0 aliphatic rings. The Labute approximate surface area is 110 Å². The Morgan fingerprint density at radius 3 is 2.56 bits per heavy atom. The summed E-state index contributed by atoms with van der Waals surface area (Å²) in [6.07, 6.45) is 0. The number of nitrogens with zero attached hydrogens (tertiary/aromatic N) is 2. The summed E-state index contributed by atoms with van der Waals surface area (Å²) in [7, 11) is -3.72. The van der Waals surface area contributed by atoms with Gasteiger partial charge in [-0.15, -0.1) is 11.3 Å². The highest BCUT2D eigenvalue weighted by atomic mass is 32.2. The van der Waals surface area contributed by atoms with Crippen molar-refractivity contribution < 1.29 is 8.42 Å². The summed E-state index contributed by atoms with van der Waals surface area (Å²) in [6, 6.07) is 5.73. The number of nitrogens with two attached hydrogens (primary N) is 1. The van der Waals surface area contributed by atoms with Crippen LogP contribution in [0.25, 0.3) is 10.2 Å². The second-order valence-electron chi connectivity index (χ2n) is 3.85. The normalized spacial score (nSPS) is 11.9. The standard InChI is InChI=1S/C11H15N3O2S2/c1-3-14(4-2)8-5-6-9-10(7-8)17-11(13-9)18(12,15)16/h5-7H,3-4H2,1-2H3,(H2,12,15,16). The Hall–Kier alpha value is -1.18. The summed E-state index contributed by atoms with van der Waals surface area (Å²) in [4.78, 5) is 6.21. The lowest BCUT2D eigenvalue weighted by Gasteiger charge is -2.20. The van der Waals surface area contributed by atoms with E-state index in [9.17, 15) is 8.42 Å². The molecule has 1 heterocycles. The van der Waals surface area contributed by atoms with Gasteiger partial charge < -0.3 is 4.90 Å². The van der Waals surface area contributed by atoms with Crippen LogP contribution in [-0.2, 0) is 10.0 Å². The topological polar surface area (TPSA) is 76.3 Å². The van der Waals surface area contributed by atoms with E-state index in [1.807, 2.05) is 18.2 Å². The first-order valence-electron chi connectivity index (χ1n) is 5.64. The van der Waals surface area contributed by atoms with Gasteiger partial charge in [0.25, 0.3) is 10.0 Å². The number of sulfonamides is 1. The van der Waals surface area contributed by atoms with Crippen LogP contribution < -0.4 is 10.0 Å². The van der Waals surface area contributed by atoms with E-state index in [-0.39, 0.29) is 4.34 Å². The Bertz CT molecular complexity index is 660. The number of fused-ring (bicyclic) bond motifs is 1. The lowest BCUT2D eigenvalue weighted by molar-refractivity contribution is 0.597. The summed E-state index contributed by atoms with van der Waals surface area (Å²) in [5, 5.41) is 5.08. The van der Waals surface area contributed by atoms with E-state index in [4.69, 9.17) is 5.14 Å². The van der Waals surface area contributed by atoms with Crippen molar-refractivity contribution in [2.75, 3.05) is 18.0 Å². The van der Waals surface area contributed by atoms with Gasteiger partial charge in [0.15, 0.2) is 0 Å². The Balaban J connectivity index is 2.52. The number of primary sulfonamides is 1. The number of aromatic nitrogens is 1. The van der Waals surface area contributed by atoms with Gasteiger partial charge >= 0.3 is 0 Å². The molecule has 0 spiro atoms. The second kappa shape index (κ2) is 4.83. The predicted molar refractivity (Wildman–Crippen MR) is 74.6 cm³/mol. The fraction of sp³-hybridized carbons (Fsp3) is 0.364. The monoisotopic (exact) mass is 285 g/mol. The van der Waals surface area contributed by atoms with Crippen molar-refractivity contribution in [2.45, 2.75) is 18.2 Å². The van der Waals surface area contributed by atoms with E-state index in [0.717, 1.165) is 34.8 Å². The highest BCUT2D eigenvalue weighted by molar-refractivity contribution is 7.91. The minimum Gasteiger partial charge on any atom is -0.372 e. The molecule has 0 radical (unpaired) electrons. The van der Waals surface area contributed by atoms with Crippen LogP contribution in [0.5, 0.6) is 0 Å². The first kappa shape index (κ1) is 13.3. The van der Waals surface area contributed by atoms with E-state index < -0.39 is 10.0 Å². The molecule has 0 fully saturated rings. The first-order chi connectivity index (χ1) is 8.45. The third kappa shape index (κ3) is 2.47. The molecule has 0 saturated carbocycles. The molecule has 98 valence electrons. The molecule has 0 atom stereocenters. The lowest BCUT2D eigenvalue weighted by atomic mass is 10.2. The summed E-state index contributed by atoms with van der Waals surface area (Å²) in [5.41, 5.74) is 1.73. The molecular weight excluding hydrogens is 270 g/mol. The molecule has 2 N–H and O–H groups in total. The van der Waals surface area contributed by atoms with Crippen LogP contribution in [0, 0.1) is 0 Å². The minimum absolute atomic E-state index is 0.0332. The largest absolute Gasteiger partial charge is 0.372 e. The summed E-state index contributed by atoms with van der Waals surface area (Å²) < 4.78 is 23.3. The van der Waals surface area contributed by atoms with Gasteiger partial charge in [-0.1, -0.05) is 0 Å². The maximum Gasteiger partial charge on any atom is 0.265 e. The van der Waals surface area contributed by atoms with E-state index in [2.05, 4.69) is 23.7 Å². The molecule has 2 rings (SSSR count). The van der Waals surface area contributed by atoms with Crippen molar-refractivity contribution >= 4 is 37.3 Å². The van der Waals surface area contributed by atoms with Crippen molar-refractivity contribution in [3.05, 3.63) is 18.2 Å². The summed E-state index contributed by atoms with van der Waals surface area (Å²) >= 11 is 1.11. The molecule has 0 bridgehead atoms. The molecule has 18 heavy (non-hydrogen) atoms. The van der Waals surface area contributed by atoms with Crippen molar-refractivity contribution in [1.29, 1.82) is 0 Å². The molecule has 0 aliphatic heterocycles. The van der Waals surface area contributed by atoms with E-state index >= 15 is 0 Å². The predicted octanol–water partition coefficient (Wildman–Crippen LogP) is 1.79. The number of benzene rings is 1. The third-order valence-electron chi connectivity index (χ3n) is 2.72. The van der Waals surface area contributed by atoms with Crippen LogP contribution in [0.2, 0.25) is 0 Å². The van der Waals surface area contributed by atoms with Gasteiger partial charge in [-0.3, -0.25) is 0 Å². The Morgan fingerprint density at radius 2 is 2.00 bits per heavy atom. The van der Waals surface area contributed by atoms with Crippen LogP contribution in [0.3, 0.4) is 0 Å². The third-order valence-corrected chi connectivity index (χ3v) is 5.06. The molecule has 5 nitrogen and oxygen atoms in total. The molecule has 1 aromatic carbocycles. The Kier molecular flexibility index (Phi) is 3.56. The fourth-order valence-electron chi connectivity index (χ4n) is 1.80. The minimum atomic E-state index is -3.72. The second-order valence-corrected chi connectivity index (χ2v) is 6.61. The van der Waals surface area contributed by atoms with Crippen LogP contribution in [0.1, 0.15) is 13.8 Å². The number of hydrogen-bond acceptors (Lipinski definition) is 5. The molecular formula is C11H15N3O2S2. The number of anilines is 1. The number of rotatable bonds is 4. The van der Waals surface area contributed by atoms with Gasteiger partial charge in [0.05, 0.1) is 10.2 Å². The van der Waals surface area contributed by atoms with Gasteiger partial charge in [0.2, 0.25) is 4.34 Å². The fourth-order valence-corrected chi connectivity index (χ4v) is 3.49. The maximum atomic E-state index is 11.2. The molecule has 1 aromatic heterocycles. The zero-order chi connectivity index (χ0) is 13.3. The van der Waals surface area contributed by atoms with Crippen LogP contribution in [0.15, 0.2) is 22.5 Å². The molecule has 2 aromatic rings. The highest BCUT2D eigenvalue weighted by Gasteiger charge is 2.15. The molecule has 7 heteroatoms. The SMILES string of the molecule is CCN(CC)c1ccc2nc(S(N)(=O)=O)sc2c1. The molecule has 0 unspecified atom stereocenters. The van der Waals surface area contributed by atoms with Gasteiger partial charge in [-0.05, 0) is 32.0 Å². The zero-order valence-corrected chi connectivity index (χ0v) is 11.9. The number of thiazole rings is 1. The van der Waals surface area contributed by atoms with E-state index in [0.29, 0.717) is 5.52 Å². The average Bonchev–Trinajstić information content (AvgIpc) is 2.73. The Morgan fingerprint density at radius 1 is 1.33 bits per heavy atom. The van der Waals surface area contributed by atoms with Crippen molar-refractivity contribution in [3.63, 3.8) is 0 Å². The van der Waals surface area contributed by atoms with Crippen molar-refractivity contribution in [2.24, 2.45) is 5.14 Å². The van der Waals surface area contributed by atoms with Gasteiger partial charge in [-0.2, -0.15) is 0 Å². The number of hydrogen-bond donors (Lipinski definition) is 1. The van der Waals surface area contributed by atoms with E-state index in [1.54, 1.807) is 0 Å². The highest BCUT2D eigenvalue weighted by Crippen LogP contribution is 2.28. The van der Waals surface area contributed by atoms with Crippen LogP contribution in [0.4, 0.5) is 5.69 Å². The van der Waals surface area contributed by atoms with Crippen molar-refractivity contribution in [1.82, 2.24) is 4.98 Å². The van der Waals surface area contributed by atoms with Crippen LogP contribution >= 0.6 is 11.3 Å². The smallest absolute Gasteiger partial charge is 0.265 e. The quantitative estimate of drug-likeness (QED) is 0.929. The zero-order valence-electron chi connectivity index (χ0n) is 10.3. The molecule has 0 saturated heterocycles. The summed E-state index contributed by atoms with van der Waals surface area (Å²) in [5.74, 6) is 0. The summed E-state index contributed by atoms with van der Waals surface area (Å²) in [6.45, 7) is 5.97. The molecule has 0 amide bonds. The van der Waals surface area contributed by atoms with Crippen LogP contribution in [-0.4, -0.2) is 26.5 Å². The van der Waals surface area contributed by atoms with E-state index in [1.165, 1.54) is 0 Å². The average molecular weight is 285 g/mol. The van der Waals surface area contributed by atoms with Gasteiger partial charge in [0.1, 0.15) is 0 Å². The van der Waals surface area contributed by atoms with Gasteiger partial charge in [0, 0.05) is 18.8 Å². The van der Waals surface area contributed by atoms with Crippen molar-refractivity contribution in [3.8, 4) is 0 Å². The first-order valence-corrected chi connectivity index (χ1v) is 8.00. The van der Waals surface area contributed by atoms with Gasteiger partial charge in [-0.25, -0.2) is 18.5 Å². The maximum absolute atomic E-state index is 11.2. The molecule has 0 aliphatic carbocycles. The lowest BCUT2D eigenvalue weighted by Crippen LogP contribution is -2.21.